The molecule has 2 amide bonds. The standard InChI is InChI=1S/C24H29N3O7S/c1-3-4-17-34-20-12-14-21(15-13-20)35(31,32)27-22(24(29)26-30)7-5-6-16-25-23(28)18-8-10-19(33-2)11-9-18/h8-15,22,27,30H,5-7,16-17H2,1-2H3,(H,25,28)(H,26,29)/t22-/m1/s1. The molecule has 10 nitrogen and oxygen atoms in total. The predicted molar refractivity (Wildman–Crippen MR) is 129 cm³/mol. The quantitative estimate of drug-likeness (QED) is 0.141. The van der Waals surface area contributed by atoms with Gasteiger partial charge >= 0.3 is 0 Å². The van der Waals surface area contributed by atoms with Crippen LogP contribution >= 0.6 is 0 Å². The summed E-state index contributed by atoms with van der Waals surface area (Å²) < 4.78 is 38.2. The zero-order valence-electron chi connectivity index (χ0n) is 19.5. The molecular formula is C24H29N3O7S. The van der Waals surface area contributed by atoms with Crippen LogP contribution in [0.4, 0.5) is 0 Å². The molecule has 0 aliphatic carbocycles. The van der Waals surface area contributed by atoms with Gasteiger partial charge in [-0.3, -0.25) is 14.8 Å². The summed E-state index contributed by atoms with van der Waals surface area (Å²) in [5.41, 5.74) is 1.97. The number of nitrogens with one attached hydrogen (secondary N) is 3. The number of unbranched alkanes of at least 4 members (excludes halogenated alkanes) is 1. The van der Waals surface area contributed by atoms with Crippen LogP contribution in [0.3, 0.4) is 0 Å². The Labute approximate surface area is 205 Å². The van der Waals surface area contributed by atoms with E-state index in [-0.39, 0.29) is 23.8 Å². The molecule has 0 aromatic heterocycles. The summed E-state index contributed by atoms with van der Waals surface area (Å²) in [6, 6.07) is 11.1. The summed E-state index contributed by atoms with van der Waals surface area (Å²) in [6.45, 7) is 2.19. The van der Waals surface area contributed by atoms with Gasteiger partial charge in [0.2, 0.25) is 10.0 Å². The molecule has 0 bridgehead atoms. The molecule has 0 fully saturated rings. The van der Waals surface area contributed by atoms with Crippen molar-refractivity contribution >= 4 is 21.8 Å². The van der Waals surface area contributed by atoms with Crippen molar-refractivity contribution in [3.05, 3.63) is 54.1 Å². The molecule has 0 aliphatic rings. The van der Waals surface area contributed by atoms with E-state index in [0.717, 1.165) is 0 Å². The molecule has 2 aromatic carbocycles. The lowest BCUT2D eigenvalue weighted by molar-refractivity contribution is -0.131. The first-order valence-corrected chi connectivity index (χ1v) is 12.3. The molecule has 35 heavy (non-hydrogen) atoms. The highest BCUT2D eigenvalue weighted by Gasteiger charge is 2.25. The Balaban J connectivity index is 1.87. The SMILES string of the molecule is CC#CCOc1ccc(S(=O)(=O)N[C@H](CCCCNC(=O)c2ccc(OC)cc2)C(=O)NO)cc1. The highest BCUT2D eigenvalue weighted by Crippen LogP contribution is 2.17. The van der Waals surface area contributed by atoms with Gasteiger partial charge in [0.25, 0.3) is 11.8 Å². The van der Waals surface area contributed by atoms with Gasteiger partial charge in [-0.2, -0.15) is 4.72 Å². The highest BCUT2D eigenvalue weighted by molar-refractivity contribution is 7.89. The van der Waals surface area contributed by atoms with Gasteiger partial charge in [0, 0.05) is 12.1 Å². The first-order valence-electron chi connectivity index (χ1n) is 10.8. The Kier molecular flexibility index (Phi) is 11.0. The van der Waals surface area contributed by atoms with E-state index in [2.05, 4.69) is 21.9 Å². The molecule has 0 saturated heterocycles. The molecule has 0 saturated carbocycles. The van der Waals surface area contributed by atoms with E-state index in [9.17, 15) is 18.0 Å². The number of rotatable bonds is 13. The van der Waals surface area contributed by atoms with Crippen molar-refractivity contribution in [2.75, 3.05) is 20.3 Å². The minimum atomic E-state index is -4.04. The monoisotopic (exact) mass is 503 g/mol. The molecule has 0 unspecified atom stereocenters. The van der Waals surface area contributed by atoms with Crippen molar-refractivity contribution in [3.8, 4) is 23.3 Å². The summed E-state index contributed by atoms with van der Waals surface area (Å²) in [6.07, 6.45) is 1.02. The number of amides is 2. The fourth-order valence-electron chi connectivity index (χ4n) is 3.00. The predicted octanol–water partition coefficient (Wildman–Crippen LogP) is 1.85. The lowest BCUT2D eigenvalue weighted by atomic mass is 10.1. The summed E-state index contributed by atoms with van der Waals surface area (Å²) >= 11 is 0. The van der Waals surface area contributed by atoms with Crippen molar-refractivity contribution in [2.24, 2.45) is 0 Å². The molecule has 1 atom stereocenters. The molecule has 11 heteroatoms. The molecule has 0 spiro atoms. The number of sulfonamides is 1. The highest BCUT2D eigenvalue weighted by atomic mass is 32.2. The second kappa shape index (κ2) is 14.0. The normalized spacial score (nSPS) is 11.5. The Morgan fingerprint density at radius 2 is 1.69 bits per heavy atom. The van der Waals surface area contributed by atoms with Crippen molar-refractivity contribution in [2.45, 2.75) is 37.1 Å². The number of hydrogen-bond donors (Lipinski definition) is 4. The fraction of sp³-hybridized carbons (Fsp3) is 0.333. The number of ether oxygens (including phenoxy) is 2. The molecular weight excluding hydrogens is 474 g/mol. The van der Waals surface area contributed by atoms with Gasteiger partial charge in [-0.05, 0) is 74.7 Å². The van der Waals surface area contributed by atoms with Gasteiger partial charge in [-0.1, -0.05) is 5.92 Å². The maximum Gasteiger partial charge on any atom is 0.261 e. The Morgan fingerprint density at radius 3 is 2.29 bits per heavy atom. The van der Waals surface area contributed by atoms with Crippen LogP contribution in [0.1, 0.15) is 36.5 Å². The molecule has 4 N–H and O–H groups in total. The van der Waals surface area contributed by atoms with E-state index in [4.69, 9.17) is 14.7 Å². The van der Waals surface area contributed by atoms with Crippen LogP contribution < -0.4 is 25.0 Å². The first-order chi connectivity index (χ1) is 16.8. The minimum Gasteiger partial charge on any atom is -0.497 e. The summed E-state index contributed by atoms with van der Waals surface area (Å²) in [4.78, 5) is 24.2. The van der Waals surface area contributed by atoms with Crippen molar-refractivity contribution in [3.63, 3.8) is 0 Å². The third-order valence-corrected chi connectivity index (χ3v) is 6.39. The van der Waals surface area contributed by atoms with Gasteiger partial charge in [-0.25, -0.2) is 13.9 Å². The number of benzene rings is 2. The maximum atomic E-state index is 12.7. The lowest BCUT2D eigenvalue weighted by Crippen LogP contribution is -2.45. The van der Waals surface area contributed by atoms with Crippen LogP contribution in [-0.2, 0) is 14.8 Å². The minimum absolute atomic E-state index is 0.0612. The Morgan fingerprint density at radius 1 is 1.03 bits per heavy atom. The molecule has 0 radical (unpaired) electrons. The van der Waals surface area contributed by atoms with E-state index in [1.165, 1.54) is 36.9 Å². The summed E-state index contributed by atoms with van der Waals surface area (Å²) in [7, 11) is -2.50. The second-order valence-electron chi connectivity index (χ2n) is 7.32. The van der Waals surface area contributed by atoms with Crippen LogP contribution in [0.5, 0.6) is 11.5 Å². The zero-order valence-corrected chi connectivity index (χ0v) is 20.4. The summed E-state index contributed by atoms with van der Waals surface area (Å²) in [5.74, 6) is 5.38. The smallest absolute Gasteiger partial charge is 0.261 e. The number of hydrogen-bond acceptors (Lipinski definition) is 7. The van der Waals surface area contributed by atoms with Crippen molar-refractivity contribution < 1.29 is 32.7 Å². The van der Waals surface area contributed by atoms with Gasteiger partial charge in [-0.15, -0.1) is 5.92 Å². The van der Waals surface area contributed by atoms with Gasteiger partial charge < -0.3 is 14.8 Å². The second-order valence-corrected chi connectivity index (χ2v) is 9.03. The molecule has 188 valence electrons. The number of hydroxylamine groups is 1. The third-order valence-electron chi connectivity index (χ3n) is 4.90. The molecule has 2 rings (SSSR count). The van der Waals surface area contributed by atoms with Crippen LogP contribution in [-0.4, -0.2) is 51.7 Å². The van der Waals surface area contributed by atoms with Crippen LogP contribution in [0.25, 0.3) is 0 Å². The molecule has 2 aromatic rings. The Bertz CT molecular complexity index is 1140. The number of carbonyl (C=O) groups excluding carboxylic acids is 2. The van der Waals surface area contributed by atoms with Gasteiger partial charge in [0.05, 0.1) is 12.0 Å². The third kappa shape index (κ3) is 8.94. The first kappa shape index (κ1) is 27.7. The van der Waals surface area contributed by atoms with E-state index in [1.807, 2.05) is 0 Å². The van der Waals surface area contributed by atoms with E-state index in [1.54, 1.807) is 31.2 Å². The van der Waals surface area contributed by atoms with E-state index < -0.39 is 22.0 Å². The van der Waals surface area contributed by atoms with Crippen LogP contribution in [0.2, 0.25) is 0 Å². The lowest BCUT2D eigenvalue weighted by Gasteiger charge is -2.17. The average molecular weight is 504 g/mol. The fourth-order valence-corrected chi connectivity index (χ4v) is 4.23. The molecule has 0 heterocycles. The van der Waals surface area contributed by atoms with E-state index in [0.29, 0.717) is 36.4 Å². The average Bonchev–Trinajstić information content (AvgIpc) is 2.87. The van der Waals surface area contributed by atoms with Crippen LogP contribution in [0.15, 0.2) is 53.4 Å². The van der Waals surface area contributed by atoms with Gasteiger partial charge in [0.1, 0.15) is 24.1 Å². The van der Waals surface area contributed by atoms with Crippen LogP contribution in [0, 0.1) is 11.8 Å². The maximum absolute atomic E-state index is 12.7. The van der Waals surface area contributed by atoms with E-state index >= 15 is 0 Å². The van der Waals surface area contributed by atoms with Crippen molar-refractivity contribution in [1.29, 1.82) is 0 Å². The Hall–Kier alpha value is -3.59. The van der Waals surface area contributed by atoms with Gasteiger partial charge in [0.15, 0.2) is 0 Å². The topological polar surface area (TPSA) is 143 Å². The molecule has 0 aliphatic heterocycles. The largest absolute Gasteiger partial charge is 0.497 e. The van der Waals surface area contributed by atoms with Crippen molar-refractivity contribution in [1.82, 2.24) is 15.5 Å². The number of methoxy groups -OCH3 is 1. The zero-order chi connectivity index (χ0) is 25.7. The number of carbonyl (C=O) groups is 2. The summed E-state index contributed by atoms with van der Waals surface area (Å²) in [5, 5.41) is 11.8.